The van der Waals surface area contributed by atoms with Gasteiger partial charge in [0.1, 0.15) is 0 Å². The van der Waals surface area contributed by atoms with E-state index in [2.05, 4.69) is 53.0 Å². The summed E-state index contributed by atoms with van der Waals surface area (Å²) in [5.41, 5.74) is 0. The van der Waals surface area contributed by atoms with Gasteiger partial charge in [-0.05, 0) is 0 Å². The Morgan fingerprint density at radius 2 is 1.12 bits per heavy atom. The summed E-state index contributed by atoms with van der Waals surface area (Å²) in [4.78, 5) is 0. The molecule has 0 rings (SSSR count). The van der Waals surface area contributed by atoms with Crippen molar-refractivity contribution >= 4 is 49.2 Å². The molecule has 1 nitrogen and oxygen atoms in total. The minimum atomic E-state index is 0. The third-order valence-corrected chi connectivity index (χ3v) is 1.50. The molecule has 0 unspecified atom stereocenters. The van der Waals surface area contributed by atoms with Crippen molar-refractivity contribution in [2.24, 2.45) is 0 Å². The molecule has 0 N–H and O–H groups in total. The molecular formula is C12H26OS2Sn. The van der Waals surface area contributed by atoms with Crippen LogP contribution in [-0.2, 0) is 30.0 Å². The van der Waals surface area contributed by atoms with Crippen LogP contribution < -0.4 is 0 Å². The van der Waals surface area contributed by atoms with E-state index in [1.54, 1.807) is 0 Å². The minimum absolute atomic E-state index is 0. The number of hydrogen-bond acceptors (Lipinski definition) is 3. The molecule has 0 bridgehead atoms. The summed E-state index contributed by atoms with van der Waals surface area (Å²) < 4.78 is 4.92. The first-order valence-electron chi connectivity index (χ1n) is 5.57. The molecule has 0 fully saturated rings. The van der Waals surface area contributed by atoms with Gasteiger partial charge in [0.25, 0.3) is 0 Å². The molecule has 0 spiro atoms. The molecule has 0 aliphatic carbocycles. The minimum Gasteiger partial charge on any atom is -0.790 e. The Hall–Kier alpha value is 1.46. The molecule has 0 atom stereocenters. The molecule has 0 aromatic carbocycles. The summed E-state index contributed by atoms with van der Waals surface area (Å²) in [7, 11) is 0. The molecule has 96 valence electrons. The fraction of sp³-hybridized carbons (Fsp3) is 0.833. The van der Waals surface area contributed by atoms with Gasteiger partial charge in [0.15, 0.2) is 0 Å². The molecule has 0 heterocycles. The van der Waals surface area contributed by atoms with Crippen molar-refractivity contribution in [2.75, 3.05) is 24.7 Å². The fourth-order valence-corrected chi connectivity index (χ4v) is 0.456. The second kappa shape index (κ2) is 36.0. The van der Waals surface area contributed by atoms with E-state index in [1.165, 1.54) is 12.8 Å². The van der Waals surface area contributed by atoms with Crippen LogP contribution in [0.1, 0.15) is 39.5 Å². The van der Waals surface area contributed by atoms with Crippen LogP contribution in [0, 0.1) is 13.8 Å². The zero-order valence-corrected chi connectivity index (χ0v) is 15.3. The number of unbranched alkanes of at least 4 members (excludes halogenated alkanes) is 2. The molecule has 0 aliphatic heterocycles. The summed E-state index contributed by atoms with van der Waals surface area (Å²) in [6.45, 7) is 12.8. The zero-order chi connectivity index (χ0) is 12.4. The second-order valence-electron chi connectivity index (χ2n) is 2.73. The van der Waals surface area contributed by atoms with E-state index in [-0.39, 0.29) is 23.9 Å². The van der Waals surface area contributed by atoms with Crippen molar-refractivity contribution in [3.63, 3.8) is 0 Å². The van der Waals surface area contributed by atoms with E-state index in [9.17, 15) is 0 Å². The maximum atomic E-state index is 4.92. The Balaban J connectivity index is -0.0000000700. The Bertz CT molecular complexity index is 64.0. The molecular weight excluding hydrogens is 343 g/mol. The standard InChI is InChI=1S/C4H10OS2.2C4H9.Sn/c6-3-1-5-2-4-7;2*1-3-4-2;/h6-7H,1-4H2;2*1,3-4H2,2H3;/q;;;+2/p-2. The van der Waals surface area contributed by atoms with Gasteiger partial charge >= 0.3 is 23.9 Å². The topological polar surface area (TPSA) is 9.23 Å². The fourth-order valence-electron chi connectivity index (χ4n) is 0.220. The monoisotopic (exact) mass is 370 g/mol. The maximum absolute atomic E-state index is 4.92. The summed E-state index contributed by atoms with van der Waals surface area (Å²) in [5, 5.41) is 0. The van der Waals surface area contributed by atoms with Gasteiger partial charge in [-0.15, -0.1) is 0 Å². The van der Waals surface area contributed by atoms with E-state index in [0.717, 1.165) is 12.8 Å². The van der Waals surface area contributed by atoms with Gasteiger partial charge < -0.3 is 30.0 Å². The first-order chi connectivity index (χ1) is 7.24. The predicted octanol–water partition coefficient (Wildman–Crippen LogP) is 2.96. The first-order valence-corrected chi connectivity index (χ1v) is 6.72. The molecule has 0 aromatic heterocycles. The maximum Gasteiger partial charge on any atom is 2.00 e. The third kappa shape index (κ3) is 58.1. The number of hydrogen-bond donors (Lipinski definition) is 0. The zero-order valence-electron chi connectivity index (χ0n) is 10.8. The van der Waals surface area contributed by atoms with Crippen molar-refractivity contribution in [2.45, 2.75) is 39.5 Å². The Labute approximate surface area is 131 Å². The van der Waals surface area contributed by atoms with Crippen molar-refractivity contribution in [3.8, 4) is 0 Å². The van der Waals surface area contributed by atoms with Crippen molar-refractivity contribution in [1.82, 2.24) is 0 Å². The summed E-state index contributed by atoms with van der Waals surface area (Å²) >= 11 is 9.21. The molecule has 0 saturated carbocycles. The van der Waals surface area contributed by atoms with Gasteiger partial charge in [-0.25, -0.2) is 0 Å². The second-order valence-corrected chi connectivity index (χ2v) is 3.54. The Morgan fingerprint density at radius 3 is 1.25 bits per heavy atom. The van der Waals surface area contributed by atoms with Gasteiger partial charge in [-0.2, -0.15) is 11.5 Å². The SMILES string of the molecule is [CH2]CCC.[CH2]CCC.[S-]CCOCC[S-].[Sn+2]. The van der Waals surface area contributed by atoms with E-state index in [1.807, 2.05) is 0 Å². The normalized spacial score (nSPS) is 7.88. The van der Waals surface area contributed by atoms with Crippen LogP contribution >= 0.6 is 0 Å². The largest absolute Gasteiger partial charge is 2.00 e. The van der Waals surface area contributed by atoms with E-state index in [4.69, 9.17) is 4.74 Å². The van der Waals surface area contributed by atoms with E-state index < -0.39 is 0 Å². The molecule has 4 heteroatoms. The molecule has 4 radical (unpaired) electrons. The van der Waals surface area contributed by atoms with Gasteiger partial charge in [0, 0.05) is 13.2 Å². The molecule has 0 aliphatic rings. The van der Waals surface area contributed by atoms with Crippen LogP contribution in [0.15, 0.2) is 0 Å². The van der Waals surface area contributed by atoms with Gasteiger partial charge in [-0.1, -0.05) is 53.4 Å². The van der Waals surface area contributed by atoms with Crippen LogP contribution in [0.5, 0.6) is 0 Å². The van der Waals surface area contributed by atoms with Crippen LogP contribution in [0.25, 0.3) is 0 Å². The molecule has 16 heavy (non-hydrogen) atoms. The van der Waals surface area contributed by atoms with Gasteiger partial charge in [0.2, 0.25) is 0 Å². The summed E-state index contributed by atoms with van der Waals surface area (Å²) in [6.07, 6.45) is 4.56. The quantitative estimate of drug-likeness (QED) is 0.405. The summed E-state index contributed by atoms with van der Waals surface area (Å²) in [6, 6.07) is 0. The van der Waals surface area contributed by atoms with Crippen LogP contribution in [0.4, 0.5) is 0 Å². The van der Waals surface area contributed by atoms with E-state index in [0.29, 0.717) is 24.7 Å². The molecule has 0 saturated heterocycles. The van der Waals surface area contributed by atoms with Gasteiger partial charge in [-0.3, -0.25) is 0 Å². The summed E-state index contributed by atoms with van der Waals surface area (Å²) in [5.74, 6) is 1.35. The Morgan fingerprint density at radius 1 is 0.875 bits per heavy atom. The third-order valence-electron chi connectivity index (χ3n) is 1.16. The van der Waals surface area contributed by atoms with E-state index >= 15 is 0 Å². The Kier molecular flexibility index (Phi) is 58.7. The van der Waals surface area contributed by atoms with Crippen molar-refractivity contribution in [3.05, 3.63) is 13.8 Å². The molecule has 0 amide bonds. The van der Waals surface area contributed by atoms with Crippen LogP contribution in [0.3, 0.4) is 0 Å². The predicted molar refractivity (Wildman–Crippen MR) is 81.6 cm³/mol. The number of rotatable bonds is 6. The van der Waals surface area contributed by atoms with Crippen LogP contribution in [-0.4, -0.2) is 48.6 Å². The first kappa shape index (κ1) is 26.1. The smallest absolute Gasteiger partial charge is 0.790 e. The van der Waals surface area contributed by atoms with Gasteiger partial charge in [0.05, 0.1) is 0 Å². The van der Waals surface area contributed by atoms with Crippen LogP contribution in [0.2, 0.25) is 0 Å². The number of ether oxygens (including phenoxy) is 1. The average molecular weight is 369 g/mol. The van der Waals surface area contributed by atoms with Crippen molar-refractivity contribution < 1.29 is 4.74 Å². The van der Waals surface area contributed by atoms with Crippen molar-refractivity contribution in [1.29, 1.82) is 0 Å². The molecule has 0 aromatic rings. The average Bonchev–Trinajstić information content (AvgIpc) is 2.30.